The van der Waals surface area contributed by atoms with Gasteiger partial charge in [-0.25, -0.2) is 0 Å². The van der Waals surface area contributed by atoms with Gasteiger partial charge in [-0.2, -0.15) is 0 Å². The summed E-state index contributed by atoms with van der Waals surface area (Å²) in [7, 11) is 1.67. The van der Waals surface area contributed by atoms with Gasteiger partial charge in [-0.15, -0.1) is 0 Å². The average Bonchev–Trinajstić information content (AvgIpc) is 2.73. The second-order valence-corrected chi connectivity index (χ2v) is 4.18. The van der Waals surface area contributed by atoms with Crippen molar-refractivity contribution in [1.82, 2.24) is 0 Å². The number of carbonyl (C=O) groups is 1. The van der Waals surface area contributed by atoms with Crippen LogP contribution < -0.4 is 4.74 Å². The molecule has 1 fully saturated rings. The van der Waals surface area contributed by atoms with Gasteiger partial charge >= 0.3 is 0 Å². The fourth-order valence-corrected chi connectivity index (χ4v) is 2.00. The second kappa shape index (κ2) is 4.97. The minimum absolute atomic E-state index is 0.389. The first kappa shape index (κ1) is 10.9. The van der Waals surface area contributed by atoms with Crippen molar-refractivity contribution in [2.45, 2.75) is 19.3 Å². The van der Waals surface area contributed by atoms with Crippen molar-refractivity contribution < 1.29 is 9.53 Å². The van der Waals surface area contributed by atoms with E-state index >= 15 is 0 Å². The van der Waals surface area contributed by atoms with E-state index in [2.05, 4.69) is 12.2 Å². The normalized spacial score (nSPS) is 20.6. The summed E-state index contributed by atoms with van der Waals surface area (Å²) in [5, 5.41) is 0. The van der Waals surface area contributed by atoms with Crippen LogP contribution in [-0.2, 0) is 4.79 Å². The van der Waals surface area contributed by atoms with E-state index in [4.69, 9.17) is 4.74 Å². The summed E-state index contributed by atoms with van der Waals surface area (Å²) in [4.78, 5) is 11.1. The van der Waals surface area contributed by atoms with Crippen molar-refractivity contribution >= 4 is 11.9 Å². The van der Waals surface area contributed by atoms with Gasteiger partial charge in [-0.1, -0.05) is 24.3 Å². The number of ether oxygens (including phenoxy) is 1. The summed E-state index contributed by atoms with van der Waals surface area (Å²) >= 11 is 0. The van der Waals surface area contributed by atoms with E-state index in [0.717, 1.165) is 24.2 Å². The van der Waals surface area contributed by atoms with Crippen LogP contribution in [0.1, 0.15) is 24.8 Å². The Hall–Kier alpha value is -1.57. The maximum Gasteiger partial charge on any atom is 0.133 e. The number of methoxy groups -OCH3 is 1. The molecule has 0 heterocycles. The summed E-state index contributed by atoms with van der Waals surface area (Å²) in [6.07, 6.45) is 6.67. The van der Waals surface area contributed by atoms with Crippen molar-refractivity contribution in [2.24, 2.45) is 5.92 Å². The molecule has 0 unspecified atom stereocenters. The lowest BCUT2D eigenvalue weighted by Crippen LogP contribution is -1.90. The zero-order valence-corrected chi connectivity index (χ0v) is 9.48. The van der Waals surface area contributed by atoms with E-state index in [1.165, 1.54) is 0 Å². The second-order valence-electron chi connectivity index (χ2n) is 4.18. The SMILES string of the molecule is COc1cccc(/C=C/[C@H]2CCC(=O)C2)c1. The van der Waals surface area contributed by atoms with Crippen molar-refractivity contribution in [2.75, 3.05) is 7.11 Å². The Labute approximate surface area is 95.9 Å². The molecule has 2 heteroatoms. The molecule has 0 aromatic heterocycles. The topological polar surface area (TPSA) is 26.3 Å². The molecule has 1 aromatic carbocycles. The van der Waals surface area contributed by atoms with Crippen LogP contribution in [0.4, 0.5) is 0 Å². The predicted octanol–water partition coefficient (Wildman–Crippen LogP) is 3.08. The maximum atomic E-state index is 11.1. The lowest BCUT2D eigenvalue weighted by Gasteiger charge is -2.02. The Morgan fingerprint density at radius 1 is 1.44 bits per heavy atom. The molecule has 16 heavy (non-hydrogen) atoms. The van der Waals surface area contributed by atoms with Crippen molar-refractivity contribution in [3.05, 3.63) is 35.9 Å². The smallest absolute Gasteiger partial charge is 0.133 e. The van der Waals surface area contributed by atoms with Gasteiger partial charge in [-0.05, 0) is 30.0 Å². The minimum atomic E-state index is 0.389. The molecule has 1 aliphatic rings. The third-order valence-corrected chi connectivity index (χ3v) is 2.94. The molecule has 0 saturated heterocycles. The van der Waals surface area contributed by atoms with Gasteiger partial charge in [0.15, 0.2) is 0 Å². The number of allylic oxidation sites excluding steroid dienone is 1. The first-order chi connectivity index (χ1) is 7.78. The van der Waals surface area contributed by atoms with Crippen LogP contribution in [0.25, 0.3) is 6.08 Å². The van der Waals surface area contributed by atoms with E-state index in [9.17, 15) is 4.79 Å². The highest BCUT2D eigenvalue weighted by atomic mass is 16.5. The molecule has 0 bridgehead atoms. The van der Waals surface area contributed by atoms with Gasteiger partial charge in [0.1, 0.15) is 11.5 Å². The van der Waals surface area contributed by atoms with Crippen LogP contribution in [0.15, 0.2) is 30.3 Å². The van der Waals surface area contributed by atoms with Crippen molar-refractivity contribution in [3.8, 4) is 5.75 Å². The highest BCUT2D eigenvalue weighted by Crippen LogP contribution is 2.24. The first-order valence-corrected chi connectivity index (χ1v) is 5.62. The van der Waals surface area contributed by atoms with E-state index in [1.807, 2.05) is 24.3 Å². The van der Waals surface area contributed by atoms with Gasteiger partial charge in [0.25, 0.3) is 0 Å². The van der Waals surface area contributed by atoms with Crippen LogP contribution in [-0.4, -0.2) is 12.9 Å². The Morgan fingerprint density at radius 3 is 3.00 bits per heavy atom. The molecule has 0 aliphatic heterocycles. The monoisotopic (exact) mass is 216 g/mol. The molecule has 84 valence electrons. The molecule has 2 rings (SSSR count). The number of carbonyl (C=O) groups excluding carboxylic acids is 1. The summed E-state index contributed by atoms with van der Waals surface area (Å²) < 4.78 is 5.16. The molecule has 1 atom stereocenters. The molecular formula is C14H16O2. The van der Waals surface area contributed by atoms with Gasteiger partial charge in [0, 0.05) is 12.8 Å². The fraction of sp³-hybridized carbons (Fsp3) is 0.357. The fourth-order valence-electron chi connectivity index (χ4n) is 2.00. The number of hydrogen-bond donors (Lipinski definition) is 0. The Bertz CT molecular complexity index is 407. The number of rotatable bonds is 3. The van der Waals surface area contributed by atoms with E-state index in [1.54, 1.807) is 7.11 Å². The lowest BCUT2D eigenvalue weighted by molar-refractivity contribution is -0.117. The Balaban J connectivity index is 2.02. The van der Waals surface area contributed by atoms with Gasteiger partial charge in [-0.3, -0.25) is 4.79 Å². The van der Waals surface area contributed by atoms with Crippen LogP contribution in [0.5, 0.6) is 5.75 Å². The predicted molar refractivity (Wildman–Crippen MR) is 64.4 cm³/mol. The largest absolute Gasteiger partial charge is 0.497 e. The minimum Gasteiger partial charge on any atom is -0.497 e. The van der Waals surface area contributed by atoms with Crippen LogP contribution in [0.3, 0.4) is 0 Å². The van der Waals surface area contributed by atoms with Crippen molar-refractivity contribution in [1.29, 1.82) is 0 Å². The number of Topliss-reactive ketones (excluding diaryl/α,β-unsaturated/α-hetero) is 1. The molecule has 1 aromatic rings. The van der Waals surface area contributed by atoms with Crippen molar-refractivity contribution in [3.63, 3.8) is 0 Å². The molecule has 2 nitrogen and oxygen atoms in total. The lowest BCUT2D eigenvalue weighted by atomic mass is 10.1. The maximum absolute atomic E-state index is 11.1. The van der Waals surface area contributed by atoms with Gasteiger partial charge in [0.05, 0.1) is 7.11 Å². The highest BCUT2D eigenvalue weighted by Gasteiger charge is 2.19. The summed E-state index contributed by atoms with van der Waals surface area (Å²) in [5.74, 6) is 1.68. The average molecular weight is 216 g/mol. The van der Waals surface area contributed by atoms with E-state index < -0.39 is 0 Å². The number of ketones is 1. The molecule has 0 radical (unpaired) electrons. The summed E-state index contributed by atoms with van der Waals surface area (Å²) in [6, 6.07) is 7.93. The first-order valence-electron chi connectivity index (χ1n) is 5.62. The van der Waals surface area contributed by atoms with Gasteiger partial charge < -0.3 is 4.74 Å². The Morgan fingerprint density at radius 2 is 2.31 bits per heavy atom. The highest BCUT2D eigenvalue weighted by molar-refractivity contribution is 5.81. The Kier molecular flexibility index (Phi) is 3.40. The van der Waals surface area contributed by atoms with Crippen LogP contribution >= 0.6 is 0 Å². The molecule has 0 amide bonds. The molecule has 1 saturated carbocycles. The molecule has 0 spiro atoms. The number of hydrogen-bond acceptors (Lipinski definition) is 2. The third-order valence-electron chi connectivity index (χ3n) is 2.94. The standard InChI is InChI=1S/C14H16O2/c1-16-14-4-2-3-11(10-14)5-6-12-7-8-13(15)9-12/h2-6,10,12H,7-9H2,1H3/b6-5+/t12-/m0/s1. The van der Waals surface area contributed by atoms with E-state index in [0.29, 0.717) is 18.1 Å². The number of benzene rings is 1. The van der Waals surface area contributed by atoms with E-state index in [-0.39, 0.29) is 0 Å². The quantitative estimate of drug-likeness (QED) is 0.776. The zero-order chi connectivity index (χ0) is 11.4. The summed E-state index contributed by atoms with van der Waals surface area (Å²) in [5.41, 5.74) is 1.12. The van der Waals surface area contributed by atoms with Crippen LogP contribution in [0.2, 0.25) is 0 Å². The molecular weight excluding hydrogens is 200 g/mol. The third kappa shape index (κ3) is 2.72. The summed E-state index contributed by atoms with van der Waals surface area (Å²) in [6.45, 7) is 0. The zero-order valence-electron chi connectivity index (χ0n) is 9.48. The molecule has 1 aliphatic carbocycles. The van der Waals surface area contributed by atoms with Crippen LogP contribution in [0, 0.1) is 5.92 Å². The molecule has 0 N–H and O–H groups in total. The van der Waals surface area contributed by atoms with Gasteiger partial charge in [0.2, 0.25) is 0 Å².